The van der Waals surface area contributed by atoms with Crippen LogP contribution in [0.5, 0.6) is 5.75 Å². The zero-order valence-corrected chi connectivity index (χ0v) is 13.9. The van der Waals surface area contributed by atoms with Gasteiger partial charge in [-0.1, -0.05) is 6.07 Å². The highest BCUT2D eigenvalue weighted by atomic mass is 16.5. The van der Waals surface area contributed by atoms with Gasteiger partial charge >= 0.3 is 0 Å². The normalized spacial score (nSPS) is 15.3. The van der Waals surface area contributed by atoms with Gasteiger partial charge in [-0.25, -0.2) is 5.10 Å². The first-order valence-corrected chi connectivity index (χ1v) is 8.14. The SMILES string of the molecule is COc1cccc(N2CCN(CCNc3cn[nH]c(=O)c3)CC2)c1. The second-order valence-corrected chi connectivity index (χ2v) is 5.79. The number of anilines is 2. The predicted octanol–water partition coefficient (Wildman–Crippen LogP) is 1.01. The van der Waals surface area contributed by atoms with Crippen LogP contribution in [0.2, 0.25) is 0 Å². The number of rotatable bonds is 6. The highest BCUT2D eigenvalue weighted by Gasteiger charge is 2.17. The van der Waals surface area contributed by atoms with Crippen LogP contribution in [-0.2, 0) is 0 Å². The predicted molar refractivity (Wildman–Crippen MR) is 95.0 cm³/mol. The van der Waals surface area contributed by atoms with Crippen LogP contribution in [0.3, 0.4) is 0 Å². The van der Waals surface area contributed by atoms with Crippen LogP contribution in [-0.4, -0.2) is 61.5 Å². The van der Waals surface area contributed by atoms with Crippen molar-refractivity contribution in [2.24, 2.45) is 0 Å². The van der Waals surface area contributed by atoms with E-state index in [0.29, 0.717) is 0 Å². The van der Waals surface area contributed by atoms with E-state index in [-0.39, 0.29) is 5.56 Å². The molecule has 1 aliphatic heterocycles. The molecule has 0 bridgehead atoms. The zero-order chi connectivity index (χ0) is 16.8. The lowest BCUT2D eigenvalue weighted by atomic mass is 10.2. The van der Waals surface area contributed by atoms with Gasteiger partial charge in [-0.3, -0.25) is 9.69 Å². The smallest absolute Gasteiger partial charge is 0.266 e. The standard InChI is InChI=1S/C17H23N5O2/c1-24-16-4-2-3-15(12-16)22-9-7-21(8-10-22)6-5-18-14-11-17(23)20-19-13-14/h2-4,11-13H,5-10H2,1H3,(H2,18,20,23). The van der Waals surface area contributed by atoms with Crippen molar-refractivity contribution >= 4 is 11.4 Å². The Hall–Kier alpha value is -2.54. The van der Waals surface area contributed by atoms with Crippen molar-refractivity contribution < 1.29 is 4.74 Å². The Balaban J connectivity index is 1.44. The second kappa shape index (κ2) is 7.83. The maximum Gasteiger partial charge on any atom is 0.266 e. The molecule has 3 rings (SSSR count). The van der Waals surface area contributed by atoms with Gasteiger partial charge in [-0.15, -0.1) is 0 Å². The maximum atomic E-state index is 11.2. The fourth-order valence-corrected chi connectivity index (χ4v) is 2.87. The molecule has 7 heteroatoms. The number of methoxy groups -OCH3 is 1. The van der Waals surface area contributed by atoms with Gasteiger partial charge in [0.05, 0.1) is 19.0 Å². The van der Waals surface area contributed by atoms with E-state index in [1.165, 1.54) is 11.8 Å². The lowest BCUT2D eigenvalue weighted by Crippen LogP contribution is -2.47. The molecule has 0 saturated carbocycles. The monoisotopic (exact) mass is 329 g/mol. The van der Waals surface area contributed by atoms with Gasteiger partial charge in [0.2, 0.25) is 0 Å². The van der Waals surface area contributed by atoms with E-state index in [1.54, 1.807) is 13.3 Å². The minimum Gasteiger partial charge on any atom is -0.497 e. The highest BCUT2D eigenvalue weighted by molar-refractivity contribution is 5.51. The number of nitrogens with one attached hydrogen (secondary N) is 2. The van der Waals surface area contributed by atoms with Crippen LogP contribution < -0.4 is 20.5 Å². The third-order valence-corrected chi connectivity index (χ3v) is 4.21. The fraction of sp³-hybridized carbons (Fsp3) is 0.412. The molecule has 1 aromatic carbocycles. The van der Waals surface area contributed by atoms with E-state index in [4.69, 9.17) is 4.74 Å². The third-order valence-electron chi connectivity index (χ3n) is 4.21. The van der Waals surface area contributed by atoms with Crippen molar-refractivity contribution in [3.05, 3.63) is 46.9 Å². The Morgan fingerprint density at radius 1 is 1.25 bits per heavy atom. The molecule has 0 spiro atoms. The van der Waals surface area contributed by atoms with Crippen LogP contribution in [0.1, 0.15) is 0 Å². The number of benzene rings is 1. The van der Waals surface area contributed by atoms with Crippen LogP contribution in [0.15, 0.2) is 41.3 Å². The summed E-state index contributed by atoms with van der Waals surface area (Å²) in [6.07, 6.45) is 1.63. The molecule has 128 valence electrons. The van der Waals surface area contributed by atoms with E-state index < -0.39 is 0 Å². The van der Waals surface area contributed by atoms with Gasteiger partial charge in [0.25, 0.3) is 5.56 Å². The molecule has 1 aliphatic rings. The minimum absolute atomic E-state index is 0.188. The molecule has 0 unspecified atom stereocenters. The second-order valence-electron chi connectivity index (χ2n) is 5.79. The van der Waals surface area contributed by atoms with Crippen molar-refractivity contribution in [2.45, 2.75) is 0 Å². The minimum atomic E-state index is -0.188. The molecule has 2 N–H and O–H groups in total. The number of nitrogens with zero attached hydrogens (tertiary/aromatic N) is 3. The van der Waals surface area contributed by atoms with Crippen molar-refractivity contribution in [1.82, 2.24) is 15.1 Å². The largest absolute Gasteiger partial charge is 0.497 e. The molecule has 2 aromatic rings. The molecule has 2 heterocycles. The van der Waals surface area contributed by atoms with E-state index in [2.05, 4.69) is 37.4 Å². The summed E-state index contributed by atoms with van der Waals surface area (Å²) in [6.45, 7) is 5.78. The Kier molecular flexibility index (Phi) is 5.32. The van der Waals surface area contributed by atoms with E-state index in [1.807, 2.05) is 12.1 Å². The summed E-state index contributed by atoms with van der Waals surface area (Å²) in [5.74, 6) is 0.894. The average molecular weight is 329 g/mol. The molecule has 0 amide bonds. The first kappa shape index (κ1) is 16.3. The van der Waals surface area contributed by atoms with Gasteiger partial charge in [-0.2, -0.15) is 5.10 Å². The summed E-state index contributed by atoms with van der Waals surface area (Å²) in [5.41, 5.74) is 1.78. The van der Waals surface area contributed by atoms with Gasteiger partial charge in [0, 0.05) is 57.1 Å². The number of hydrogen-bond acceptors (Lipinski definition) is 6. The lowest BCUT2D eigenvalue weighted by Gasteiger charge is -2.36. The summed E-state index contributed by atoms with van der Waals surface area (Å²) in [7, 11) is 1.69. The Labute approximate surface area is 141 Å². The molecule has 0 radical (unpaired) electrons. The highest BCUT2D eigenvalue weighted by Crippen LogP contribution is 2.21. The first-order valence-electron chi connectivity index (χ1n) is 8.14. The number of hydrogen-bond donors (Lipinski definition) is 2. The molecule has 0 aliphatic carbocycles. The topological polar surface area (TPSA) is 73.5 Å². The van der Waals surface area contributed by atoms with Crippen LogP contribution >= 0.6 is 0 Å². The maximum absolute atomic E-state index is 11.2. The quantitative estimate of drug-likeness (QED) is 0.824. The molecular weight excluding hydrogens is 306 g/mol. The van der Waals surface area contributed by atoms with Gasteiger partial charge < -0.3 is 15.0 Å². The van der Waals surface area contributed by atoms with Crippen LogP contribution in [0.25, 0.3) is 0 Å². The molecule has 24 heavy (non-hydrogen) atoms. The Morgan fingerprint density at radius 3 is 2.83 bits per heavy atom. The molecule has 1 saturated heterocycles. The number of aromatic amines is 1. The van der Waals surface area contributed by atoms with E-state index in [9.17, 15) is 4.79 Å². The fourth-order valence-electron chi connectivity index (χ4n) is 2.87. The Morgan fingerprint density at radius 2 is 2.08 bits per heavy atom. The molecule has 7 nitrogen and oxygen atoms in total. The van der Waals surface area contributed by atoms with Gasteiger partial charge in [-0.05, 0) is 12.1 Å². The number of aromatic nitrogens is 2. The van der Waals surface area contributed by atoms with Crippen LogP contribution in [0.4, 0.5) is 11.4 Å². The molecule has 0 atom stereocenters. The number of H-pyrrole nitrogens is 1. The van der Waals surface area contributed by atoms with E-state index >= 15 is 0 Å². The van der Waals surface area contributed by atoms with Crippen molar-refractivity contribution in [3.63, 3.8) is 0 Å². The molecule has 1 fully saturated rings. The van der Waals surface area contributed by atoms with E-state index in [0.717, 1.165) is 50.7 Å². The summed E-state index contributed by atoms with van der Waals surface area (Å²) in [4.78, 5) is 16.0. The van der Waals surface area contributed by atoms with Crippen molar-refractivity contribution in [2.75, 3.05) is 56.6 Å². The number of piperazine rings is 1. The van der Waals surface area contributed by atoms with Crippen molar-refractivity contribution in [1.29, 1.82) is 0 Å². The third kappa shape index (κ3) is 4.26. The summed E-state index contributed by atoms with van der Waals surface area (Å²) < 4.78 is 5.30. The van der Waals surface area contributed by atoms with Gasteiger partial charge in [0.1, 0.15) is 5.75 Å². The summed E-state index contributed by atoms with van der Waals surface area (Å²) in [6, 6.07) is 9.72. The molecule has 1 aromatic heterocycles. The zero-order valence-electron chi connectivity index (χ0n) is 13.9. The summed E-state index contributed by atoms with van der Waals surface area (Å²) in [5, 5.41) is 9.38. The average Bonchev–Trinajstić information content (AvgIpc) is 2.62. The van der Waals surface area contributed by atoms with Crippen molar-refractivity contribution in [3.8, 4) is 5.75 Å². The van der Waals surface area contributed by atoms with Crippen LogP contribution in [0, 0.1) is 0 Å². The number of ether oxygens (including phenoxy) is 1. The molecular formula is C17H23N5O2. The summed E-state index contributed by atoms with van der Waals surface area (Å²) >= 11 is 0. The van der Waals surface area contributed by atoms with Gasteiger partial charge in [0.15, 0.2) is 0 Å². The lowest BCUT2D eigenvalue weighted by molar-refractivity contribution is 0.267. The Bertz CT molecular complexity index is 710. The first-order chi connectivity index (χ1) is 11.7.